The summed E-state index contributed by atoms with van der Waals surface area (Å²) in [5.41, 5.74) is 1.22. The molecule has 3 amide bonds. The van der Waals surface area contributed by atoms with Crippen molar-refractivity contribution < 1.29 is 24.2 Å². The number of aryl methyl sites for hydroxylation is 2. The molecule has 0 heterocycles. The molecule has 41 heavy (non-hydrogen) atoms. The summed E-state index contributed by atoms with van der Waals surface area (Å²) in [5, 5.41) is 16.9. The van der Waals surface area contributed by atoms with Gasteiger partial charge in [0.2, 0.25) is 5.91 Å². The van der Waals surface area contributed by atoms with E-state index < -0.39 is 35.6 Å². The van der Waals surface area contributed by atoms with Crippen molar-refractivity contribution in [2.45, 2.75) is 91.3 Å². The number of nitrogens with zero attached hydrogens (tertiary/aromatic N) is 1. The smallest absolute Gasteiger partial charge is 0.408 e. The molecule has 0 saturated carbocycles. The maximum Gasteiger partial charge on any atom is 0.408 e. The van der Waals surface area contributed by atoms with Crippen molar-refractivity contribution in [3.8, 4) is 5.75 Å². The molecule has 0 aromatic heterocycles. The molecule has 2 aromatic carbocycles. The molecular weight excluding hydrogens is 562 g/mol. The summed E-state index contributed by atoms with van der Waals surface area (Å²) in [6.07, 6.45) is 3.81. The average molecular weight is 606 g/mol. The monoisotopic (exact) mass is 605 g/mol. The van der Waals surface area contributed by atoms with E-state index >= 15 is 0 Å². The number of thiol groups is 1. The number of phenolic OH excluding ortho intramolecular Hbond substituents is 1. The van der Waals surface area contributed by atoms with Crippen LogP contribution in [0, 0.1) is 13.8 Å². The third kappa shape index (κ3) is 10.1. The molecule has 0 aliphatic heterocycles. The molecule has 0 aliphatic rings. The maximum atomic E-state index is 14.1. The van der Waals surface area contributed by atoms with E-state index in [1.54, 1.807) is 58.0 Å². The molecule has 2 atom stereocenters. The zero-order valence-corrected chi connectivity index (χ0v) is 26.6. The molecule has 8 nitrogen and oxygen atoms in total. The minimum atomic E-state index is -1.22. The van der Waals surface area contributed by atoms with Crippen LogP contribution >= 0.6 is 24.2 Å². The summed E-state index contributed by atoms with van der Waals surface area (Å²) >= 11 is 10.8. The Morgan fingerprint density at radius 3 is 2.27 bits per heavy atom. The number of benzene rings is 2. The van der Waals surface area contributed by atoms with Gasteiger partial charge in [0.1, 0.15) is 23.4 Å². The van der Waals surface area contributed by atoms with Crippen molar-refractivity contribution in [3.05, 3.63) is 58.1 Å². The molecule has 10 heteroatoms. The number of nitrogens with one attached hydrogen (secondary N) is 2. The molecule has 2 unspecified atom stereocenters. The van der Waals surface area contributed by atoms with E-state index in [0.717, 1.165) is 31.2 Å². The Hall–Kier alpha value is -2.91. The van der Waals surface area contributed by atoms with Crippen LogP contribution < -0.4 is 10.6 Å². The number of rotatable bonds is 13. The van der Waals surface area contributed by atoms with Gasteiger partial charge in [-0.1, -0.05) is 74.5 Å². The Labute approximate surface area is 254 Å². The van der Waals surface area contributed by atoms with E-state index in [0.29, 0.717) is 22.7 Å². The topological polar surface area (TPSA) is 108 Å². The van der Waals surface area contributed by atoms with Crippen molar-refractivity contribution in [1.29, 1.82) is 0 Å². The predicted octanol–water partition coefficient (Wildman–Crippen LogP) is 6.96. The summed E-state index contributed by atoms with van der Waals surface area (Å²) in [5.74, 6) is -1.17. The number of phenols is 1. The van der Waals surface area contributed by atoms with Crippen LogP contribution in [0.1, 0.15) is 82.5 Å². The van der Waals surface area contributed by atoms with Gasteiger partial charge in [-0.2, -0.15) is 12.6 Å². The van der Waals surface area contributed by atoms with Gasteiger partial charge in [0.05, 0.1) is 10.7 Å². The van der Waals surface area contributed by atoms with E-state index in [4.69, 9.17) is 16.3 Å². The van der Waals surface area contributed by atoms with Crippen molar-refractivity contribution in [2.75, 3.05) is 17.6 Å². The first kappa shape index (κ1) is 34.3. The molecule has 0 bridgehead atoms. The van der Waals surface area contributed by atoms with E-state index in [2.05, 4.69) is 30.2 Å². The lowest BCUT2D eigenvalue weighted by molar-refractivity contribution is -0.140. The standard InChI is InChI=1S/C31H44ClN3O5S/c1-7-8-9-10-11-18-35(29(38)24(19-41)33-30(39)40-31(4,5)6)26(22-16-12-15-21(3)27(22)36)28(37)34-25-20(2)14-13-17-23(25)32/h12-17,24,26,36,41H,7-11,18-19H2,1-6H3,(H,33,39)(H,34,37). The van der Waals surface area contributed by atoms with Gasteiger partial charge in [-0.25, -0.2) is 4.79 Å². The van der Waals surface area contributed by atoms with Gasteiger partial charge in [-0.15, -0.1) is 0 Å². The number of carbonyl (C=O) groups is 3. The summed E-state index contributed by atoms with van der Waals surface area (Å²) in [7, 11) is 0. The summed E-state index contributed by atoms with van der Waals surface area (Å²) < 4.78 is 5.37. The van der Waals surface area contributed by atoms with Crippen LogP contribution in [-0.4, -0.2) is 51.9 Å². The highest BCUT2D eigenvalue weighted by molar-refractivity contribution is 7.80. The van der Waals surface area contributed by atoms with Crippen LogP contribution in [0.15, 0.2) is 36.4 Å². The molecule has 0 radical (unpaired) electrons. The predicted molar refractivity (Wildman–Crippen MR) is 168 cm³/mol. The van der Waals surface area contributed by atoms with E-state index in [9.17, 15) is 19.5 Å². The van der Waals surface area contributed by atoms with Crippen molar-refractivity contribution in [3.63, 3.8) is 0 Å². The number of alkyl carbamates (subject to hydrolysis) is 1. The minimum Gasteiger partial charge on any atom is -0.507 e. The number of ether oxygens (including phenoxy) is 1. The summed E-state index contributed by atoms with van der Waals surface area (Å²) in [6, 6.07) is 8.05. The van der Waals surface area contributed by atoms with Gasteiger partial charge < -0.3 is 25.4 Å². The zero-order chi connectivity index (χ0) is 30.7. The van der Waals surface area contributed by atoms with Gasteiger partial charge in [0.25, 0.3) is 5.91 Å². The highest BCUT2D eigenvalue weighted by Gasteiger charge is 2.37. The van der Waals surface area contributed by atoms with Gasteiger partial charge in [0, 0.05) is 17.9 Å². The lowest BCUT2D eigenvalue weighted by Crippen LogP contribution is -2.53. The number of para-hydroxylation sites is 2. The third-order valence-corrected chi connectivity index (χ3v) is 7.23. The number of unbranched alkanes of at least 4 members (excludes halogenated alkanes) is 4. The quantitative estimate of drug-likeness (QED) is 0.146. The first-order chi connectivity index (χ1) is 19.3. The number of amides is 3. The highest BCUT2D eigenvalue weighted by Crippen LogP contribution is 2.35. The molecule has 226 valence electrons. The van der Waals surface area contributed by atoms with E-state index in [1.807, 2.05) is 13.0 Å². The summed E-state index contributed by atoms with van der Waals surface area (Å²) in [6.45, 7) is 11.1. The van der Waals surface area contributed by atoms with Gasteiger partial charge in [-0.05, 0) is 58.2 Å². The third-order valence-electron chi connectivity index (χ3n) is 6.55. The zero-order valence-electron chi connectivity index (χ0n) is 24.9. The molecule has 0 spiro atoms. The Morgan fingerprint density at radius 2 is 1.66 bits per heavy atom. The largest absolute Gasteiger partial charge is 0.507 e. The lowest BCUT2D eigenvalue weighted by atomic mass is 9.98. The SMILES string of the molecule is CCCCCCCN(C(=O)C(CS)NC(=O)OC(C)(C)C)C(C(=O)Nc1c(C)cccc1Cl)c1cccc(C)c1O. The van der Waals surface area contributed by atoms with Crippen molar-refractivity contribution in [2.24, 2.45) is 0 Å². The first-order valence-corrected chi connectivity index (χ1v) is 15.1. The van der Waals surface area contributed by atoms with Crippen molar-refractivity contribution in [1.82, 2.24) is 10.2 Å². The van der Waals surface area contributed by atoms with Crippen molar-refractivity contribution >= 4 is 47.8 Å². The Bertz CT molecular complexity index is 1180. The lowest BCUT2D eigenvalue weighted by Gasteiger charge is -2.35. The maximum absolute atomic E-state index is 14.1. The van der Waals surface area contributed by atoms with Crippen LogP contribution in [0.3, 0.4) is 0 Å². The second-order valence-corrected chi connectivity index (χ2v) is 11.9. The van der Waals surface area contributed by atoms with Crippen LogP contribution in [0.25, 0.3) is 0 Å². The first-order valence-electron chi connectivity index (χ1n) is 14.1. The Balaban J connectivity index is 2.57. The summed E-state index contributed by atoms with van der Waals surface area (Å²) in [4.78, 5) is 42.2. The fraction of sp³-hybridized carbons (Fsp3) is 0.516. The Morgan fingerprint density at radius 1 is 1.02 bits per heavy atom. The number of aromatic hydroxyl groups is 1. The number of halogens is 1. The minimum absolute atomic E-state index is 0.0256. The molecule has 0 aliphatic carbocycles. The fourth-order valence-corrected chi connectivity index (χ4v) is 4.94. The second kappa shape index (κ2) is 15.9. The molecule has 2 aromatic rings. The number of hydrogen-bond acceptors (Lipinski definition) is 6. The second-order valence-electron chi connectivity index (χ2n) is 11.2. The number of carbonyl (C=O) groups excluding carboxylic acids is 3. The van der Waals surface area contributed by atoms with Crippen LogP contribution in [0.2, 0.25) is 5.02 Å². The average Bonchev–Trinajstić information content (AvgIpc) is 2.89. The number of anilines is 1. The van der Waals surface area contributed by atoms with E-state index in [1.165, 1.54) is 4.90 Å². The molecule has 0 saturated heterocycles. The fourth-order valence-electron chi connectivity index (χ4n) is 4.42. The van der Waals surface area contributed by atoms with Crippen LogP contribution in [0.5, 0.6) is 5.75 Å². The molecular formula is C31H44ClN3O5S. The molecule has 3 N–H and O–H groups in total. The Kier molecular flexibility index (Phi) is 13.3. The van der Waals surface area contributed by atoms with Gasteiger partial charge in [-0.3, -0.25) is 9.59 Å². The molecule has 0 fully saturated rings. The van der Waals surface area contributed by atoms with E-state index in [-0.39, 0.29) is 23.6 Å². The van der Waals surface area contributed by atoms with Crippen LogP contribution in [-0.2, 0) is 14.3 Å². The number of hydrogen-bond donors (Lipinski definition) is 4. The molecule has 2 rings (SSSR count). The van der Waals surface area contributed by atoms with Gasteiger partial charge >= 0.3 is 6.09 Å². The van der Waals surface area contributed by atoms with Crippen LogP contribution in [0.4, 0.5) is 10.5 Å². The van der Waals surface area contributed by atoms with Gasteiger partial charge in [0.15, 0.2) is 0 Å². The normalized spacial score (nSPS) is 12.8. The highest BCUT2D eigenvalue weighted by atomic mass is 35.5.